The first kappa shape index (κ1) is 32.4. The number of aromatic nitrogens is 5. The van der Waals surface area contributed by atoms with Crippen LogP contribution in [0.15, 0.2) is 200 Å². The van der Waals surface area contributed by atoms with Crippen LogP contribution in [0, 0.1) is 0 Å². The van der Waals surface area contributed by atoms with Crippen LogP contribution in [0.5, 0.6) is 0 Å². The van der Waals surface area contributed by atoms with Crippen LogP contribution in [0.3, 0.4) is 0 Å². The average molecular weight is 740 g/mol. The first-order valence-corrected chi connectivity index (χ1v) is 19.6. The number of para-hydroxylation sites is 2. The number of rotatable bonds is 5. The van der Waals surface area contributed by atoms with E-state index in [9.17, 15) is 0 Å². The molecule has 0 saturated carbocycles. The molecule has 12 aromatic rings. The Bertz CT molecular complexity index is 3490. The van der Waals surface area contributed by atoms with Gasteiger partial charge in [0.15, 0.2) is 17.5 Å². The van der Waals surface area contributed by atoms with Gasteiger partial charge in [0.05, 0.1) is 27.8 Å². The van der Waals surface area contributed by atoms with Crippen molar-refractivity contribution in [2.24, 2.45) is 0 Å². The molecular formula is C53H33N5. The maximum atomic E-state index is 5.03. The van der Waals surface area contributed by atoms with Gasteiger partial charge in [-0.2, -0.15) is 0 Å². The van der Waals surface area contributed by atoms with Gasteiger partial charge in [-0.1, -0.05) is 158 Å². The second kappa shape index (κ2) is 12.8. The highest BCUT2D eigenvalue weighted by Crippen LogP contribution is 2.44. The van der Waals surface area contributed by atoms with Crippen LogP contribution >= 0.6 is 0 Å². The van der Waals surface area contributed by atoms with Crippen molar-refractivity contribution in [2.75, 3.05) is 0 Å². The molecule has 0 saturated heterocycles. The first-order chi connectivity index (χ1) is 28.8. The summed E-state index contributed by atoms with van der Waals surface area (Å²) in [6.45, 7) is 0. The fourth-order valence-electron chi connectivity index (χ4n) is 8.97. The van der Waals surface area contributed by atoms with Gasteiger partial charge < -0.3 is 9.13 Å². The molecule has 0 spiro atoms. The molecule has 0 atom stereocenters. The molecule has 0 aliphatic carbocycles. The van der Waals surface area contributed by atoms with E-state index in [0.717, 1.165) is 49.9 Å². The third-order valence-electron chi connectivity index (χ3n) is 11.5. The summed E-state index contributed by atoms with van der Waals surface area (Å²) in [5.74, 6) is 1.94. The molecule has 0 aliphatic heterocycles. The van der Waals surface area contributed by atoms with Gasteiger partial charge in [0.25, 0.3) is 0 Å². The van der Waals surface area contributed by atoms with Gasteiger partial charge in [-0.15, -0.1) is 0 Å². The molecule has 3 aromatic heterocycles. The summed E-state index contributed by atoms with van der Waals surface area (Å²) in [5, 5.41) is 9.72. The van der Waals surface area contributed by atoms with Crippen molar-refractivity contribution in [3.8, 4) is 45.5 Å². The third-order valence-corrected chi connectivity index (χ3v) is 11.5. The minimum absolute atomic E-state index is 0.639. The van der Waals surface area contributed by atoms with Gasteiger partial charge in [-0.3, -0.25) is 0 Å². The zero-order valence-electron chi connectivity index (χ0n) is 31.3. The van der Waals surface area contributed by atoms with Gasteiger partial charge in [0.2, 0.25) is 0 Å². The quantitative estimate of drug-likeness (QED) is 0.177. The Morgan fingerprint density at radius 2 is 0.879 bits per heavy atom. The standard InChI is InChI=1S/C53H33N5/c1-4-16-35(17-5-1)51-54-52(36-18-6-2-7-19-36)56-53(55-51)38-27-29-40-37(33-38)20-14-26-44(40)58-45-25-13-12-24-42(45)49-47(58)32-30-43-48-41-23-11-10-15-34(41)28-31-46(48)57(50(43)49)39-21-8-3-9-22-39/h1-33H. The van der Waals surface area contributed by atoms with E-state index < -0.39 is 0 Å². The molecule has 0 unspecified atom stereocenters. The number of fused-ring (bicyclic) bond motifs is 10. The largest absolute Gasteiger partial charge is 0.309 e. The summed E-state index contributed by atoms with van der Waals surface area (Å²) in [7, 11) is 0. The fourth-order valence-corrected chi connectivity index (χ4v) is 8.97. The Morgan fingerprint density at radius 3 is 1.62 bits per heavy atom. The molecule has 5 nitrogen and oxygen atoms in total. The van der Waals surface area contributed by atoms with Crippen molar-refractivity contribution in [3.05, 3.63) is 200 Å². The number of hydrogen-bond acceptors (Lipinski definition) is 3. The average Bonchev–Trinajstić information content (AvgIpc) is 3.82. The molecule has 9 aromatic carbocycles. The number of hydrogen-bond donors (Lipinski definition) is 0. The second-order valence-electron chi connectivity index (χ2n) is 14.8. The topological polar surface area (TPSA) is 48.5 Å². The highest BCUT2D eigenvalue weighted by Gasteiger charge is 2.23. The van der Waals surface area contributed by atoms with Crippen LogP contribution in [-0.4, -0.2) is 24.1 Å². The fraction of sp³-hybridized carbons (Fsp3) is 0. The van der Waals surface area contributed by atoms with E-state index in [-0.39, 0.29) is 0 Å². The number of nitrogens with zero attached hydrogens (tertiary/aromatic N) is 5. The molecule has 0 radical (unpaired) electrons. The van der Waals surface area contributed by atoms with Gasteiger partial charge in [-0.25, -0.2) is 15.0 Å². The predicted molar refractivity (Wildman–Crippen MR) is 240 cm³/mol. The molecule has 12 rings (SSSR count). The normalized spacial score (nSPS) is 11.8. The molecule has 0 bridgehead atoms. The Morgan fingerprint density at radius 1 is 0.310 bits per heavy atom. The zero-order valence-corrected chi connectivity index (χ0v) is 31.3. The Labute approximate surface area is 333 Å². The molecule has 3 heterocycles. The molecule has 5 heteroatoms. The predicted octanol–water partition coefficient (Wildman–Crippen LogP) is 13.4. The molecule has 270 valence electrons. The molecule has 58 heavy (non-hydrogen) atoms. The van der Waals surface area contributed by atoms with Crippen LogP contribution in [0.25, 0.3) is 111 Å². The third kappa shape index (κ3) is 4.93. The SMILES string of the molecule is c1ccc(-c2nc(-c3ccccc3)nc(-c3ccc4c(-n5c6ccccc6c6c5ccc5c7c8ccccc8ccc7n(-c7ccccc7)c56)cccc4c3)n2)cc1. The molecule has 0 N–H and O–H groups in total. The Hall–Kier alpha value is -7.89. The molecule has 0 aliphatic rings. The van der Waals surface area contributed by atoms with Crippen LogP contribution in [0.1, 0.15) is 0 Å². The van der Waals surface area contributed by atoms with Gasteiger partial charge in [0.1, 0.15) is 0 Å². The zero-order chi connectivity index (χ0) is 38.2. The van der Waals surface area contributed by atoms with E-state index in [1.165, 1.54) is 43.4 Å². The van der Waals surface area contributed by atoms with Crippen LogP contribution < -0.4 is 0 Å². The van der Waals surface area contributed by atoms with Crippen molar-refractivity contribution < 1.29 is 0 Å². The van der Waals surface area contributed by atoms with Gasteiger partial charge in [-0.05, 0) is 58.6 Å². The lowest BCUT2D eigenvalue weighted by molar-refractivity contribution is 1.07. The monoisotopic (exact) mass is 739 g/mol. The minimum Gasteiger partial charge on any atom is -0.309 e. The van der Waals surface area contributed by atoms with E-state index in [4.69, 9.17) is 15.0 Å². The van der Waals surface area contributed by atoms with Crippen LogP contribution in [-0.2, 0) is 0 Å². The maximum Gasteiger partial charge on any atom is 0.164 e. The summed E-state index contributed by atoms with van der Waals surface area (Å²) in [6.07, 6.45) is 0. The van der Waals surface area contributed by atoms with Gasteiger partial charge in [0, 0.05) is 49.3 Å². The first-order valence-electron chi connectivity index (χ1n) is 19.6. The van der Waals surface area contributed by atoms with E-state index in [1.54, 1.807) is 0 Å². The van der Waals surface area contributed by atoms with E-state index in [0.29, 0.717) is 17.5 Å². The second-order valence-corrected chi connectivity index (χ2v) is 14.8. The summed E-state index contributed by atoms with van der Waals surface area (Å²) in [5.41, 5.74) is 9.83. The summed E-state index contributed by atoms with van der Waals surface area (Å²) in [6, 6.07) is 71.0. The van der Waals surface area contributed by atoms with Crippen molar-refractivity contribution >= 4 is 65.2 Å². The smallest absolute Gasteiger partial charge is 0.164 e. The van der Waals surface area contributed by atoms with E-state index >= 15 is 0 Å². The highest BCUT2D eigenvalue weighted by molar-refractivity contribution is 6.30. The van der Waals surface area contributed by atoms with E-state index in [2.05, 4.69) is 149 Å². The van der Waals surface area contributed by atoms with Crippen molar-refractivity contribution in [1.82, 2.24) is 24.1 Å². The molecule has 0 fully saturated rings. The summed E-state index contributed by atoms with van der Waals surface area (Å²) < 4.78 is 4.91. The number of benzene rings is 9. The molecule has 0 amide bonds. The Kier molecular flexibility index (Phi) is 7.16. The lowest BCUT2D eigenvalue weighted by Crippen LogP contribution is -2.00. The molecular weight excluding hydrogens is 707 g/mol. The van der Waals surface area contributed by atoms with Crippen molar-refractivity contribution in [2.45, 2.75) is 0 Å². The summed E-state index contributed by atoms with van der Waals surface area (Å²) >= 11 is 0. The van der Waals surface area contributed by atoms with Crippen molar-refractivity contribution in [1.29, 1.82) is 0 Å². The maximum absolute atomic E-state index is 5.03. The van der Waals surface area contributed by atoms with Crippen LogP contribution in [0.4, 0.5) is 0 Å². The summed E-state index contributed by atoms with van der Waals surface area (Å²) in [4.78, 5) is 15.0. The Balaban J connectivity index is 1.11. The lowest BCUT2D eigenvalue weighted by Gasteiger charge is -2.13. The van der Waals surface area contributed by atoms with Crippen LogP contribution in [0.2, 0.25) is 0 Å². The lowest BCUT2D eigenvalue weighted by atomic mass is 10.0. The minimum atomic E-state index is 0.639. The van der Waals surface area contributed by atoms with E-state index in [1.807, 2.05) is 60.7 Å². The van der Waals surface area contributed by atoms with Gasteiger partial charge >= 0.3 is 0 Å². The van der Waals surface area contributed by atoms with Crippen molar-refractivity contribution in [3.63, 3.8) is 0 Å². The highest BCUT2D eigenvalue weighted by atomic mass is 15.0.